The first kappa shape index (κ1) is 15.0. The Balaban J connectivity index is 2.80. The molecule has 5 heteroatoms. The van der Waals surface area contributed by atoms with Gasteiger partial charge in [-0.1, -0.05) is 18.2 Å². The molecular weight excluding hydrogens is 237 g/mol. The van der Waals surface area contributed by atoms with Crippen molar-refractivity contribution < 1.29 is 18.6 Å². The second-order valence-corrected chi connectivity index (χ2v) is 3.88. The fourth-order valence-electron chi connectivity index (χ4n) is 1.63. The van der Waals surface area contributed by atoms with Crippen LogP contribution in [-0.4, -0.2) is 33.8 Å². The molecule has 0 heterocycles. The lowest BCUT2D eigenvalue weighted by Gasteiger charge is -2.25. The standard InChI is InChI=1S/C13H20FNO3/c1-10(17-8-15-2)13(18-9-16-3)11-6-4-5-7-12(11)14/h4-7,10,13,15H,8-9H2,1-3H3/t10-,13+/m0/s1. The Bertz CT molecular complexity index is 349. The molecule has 0 aliphatic carbocycles. The molecule has 0 spiro atoms. The van der Waals surface area contributed by atoms with E-state index < -0.39 is 6.10 Å². The van der Waals surface area contributed by atoms with Crippen LogP contribution < -0.4 is 5.32 Å². The van der Waals surface area contributed by atoms with E-state index in [4.69, 9.17) is 14.2 Å². The summed E-state index contributed by atoms with van der Waals surface area (Å²) in [5.41, 5.74) is 0.471. The second-order valence-electron chi connectivity index (χ2n) is 3.88. The highest BCUT2D eigenvalue weighted by Gasteiger charge is 2.23. The summed E-state index contributed by atoms with van der Waals surface area (Å²) in [4.78, 5) is 0. The van der Waals surface area contributed by atoms with Crippen LogP contribution in [0.25, 0.3) is 0 Å². The van der Waals surface area contributed by atoms with Crippen LogP contribution >= 0.6 is 0 Å². The molecule has 1 aromatic rings. The highest BCUT2D eigenvalue weighted by Crippen LogP contribution is 2.25. The van der Waals surface area contributed by atoms with Gasteiger partial charge in [0.05, 0.1) is 12.8 Å². The maximum atomic E-state index is 13.8. The molecule has 0 radical (unpaired) electrons. The maximum Gasteiger partial charge on any atom is 0.147 e. The van der Waals surface area contributed by atoms with Crippen molar-refractivity contribution >= 4 is 0 Å². The Morgan fingerprint density at radius 3 is 2.61 bits per heavy atom. The largest absolute Gasteiger partial charge is 0.360 e. The van der Waals surface area contributed by atoms with Crippen molar-refractivity contribution in [3.8, 4) is 0 Å². The number of nitrogens with one attached hydrogen (secondary N) is 1. The predicted molar refractivity (Wildman–Crippen MR) is 66.6 cm³/mol. The first-order chi connectivity index (χ1) is 8.70. The SMILES string of the molecule is CNCO[C@@H](C)[C@@H](OCOC)c1ccccc1F. The number of rotatable bonds is 8. The molecule has 4 nitrogen and oxygen atoms in total. The van der Waals surface area contributed by atoms with Gasteiger partial charge in [0.1, 0.15) is 18.7 Å². The van der Waals surface area contributed by atoms with Crippen molar-refractivity contribution in [3.63, 3.8) is 0 Å². The van der Waals surface area contributed by atoms with E-state index in [-0.39, 0.29) is 18.7 Å². The normalized spacial score (nSPS) is 14.4. The molecule has 0 fully saturated rings. The Labute approximate surface area is 107 Å². The molecule has 1 aromatic carbocycles. The number of hydrogen-bond donors (Lipinski definition) is 1. The summed E-state index contributed by atoms with van der Waals surface area (Å²) in [6.45, 7) is 2.30. The molecule has 1 rings (SSSR count). The Kier molecular flexibility index (Phi) is 6.82. The molecule has 0 unspecified atom stereocenters. The number of halogens is 1. The monoisotopic (exact) mass is 257 g/mol. The molecule has 0 aliphatic rings. The highest BCUT2D eigenvalue weighted by atomic mass is 19.1. The van der Waals surface area contributed by atoms with E-state index in [2.05, 4.69) is 5.32 Å². The van der Waals surface area contributed by atoms with Gasteiger partial charge in [0.25, 0.3) is 0 Å². The average molecular weight is 257 g/mol. The van der Waals surface area contributed by atoms with Crippen molar-refractivity contribution in [2.45, 2.75) is 19.1 Å². The van der Waals surface area contributed by atoms with Crippen LogP contribution in [0.4, 0.5) is 4.39 Å². The molecule has 0 saturated carbocycles. The molecule has 18 heavy (non-hydrogen) atoms. The van der Waals surface area contributed by atoms with Crippen LogP contribution in [0.15, 0.2) is 24.3 Å². The van der Waals surface area contributed by atoms with E-state index in [1.165, 1.54) is 13.2 Å². The van der Waals surface area contributed by atoms with Gasteiger partial charge in [-0.25, -0.2) is 4.39 Å². The summed E-state index contributed by atoms with van der Waals surface area (Å²) in [6.07, 6.45) is -0.788. The molecule has 0 aliphatic heterocycles. The van der Waals surface area contributed by atoms with Crippen molar-refractivity contribution in [2.24, 2.45) is 0 Å². The minimum atomic E-state index is -0.500. The minimum Gasteiger partial charge on any atom is -0.360 e. The van der Waals surface area contributed by atoms with Gasteiger partial charge in [0.2, 0.25) is 0 Å². The first-order valence-electron chi connectivity index (χ1n) is 5.81. The van der Waals surface area contributed by atoms with E-state index in [1.54, 1.807) is 25.2 Å². The van der Waals surface area contributed by atoms with E-state index in [0.29, 0.717) is 12.3 Å². The predicted octanol–water partition coefficient (Wildman–Crippen LogP) is 2.07. The number of ether oxygens (including phenoxy) is 3. The molecule has 0 amide bonds. The molecule has 2 atom stereocenters. The van der Waals surface area contributed by atoms with Crippen molar-refractivity contribution in [2.75, 3.05) is 27.7 Å². The summed E-state index contributed by atoms with van der Waals surface area (Å²) in [7, 11) is 3.30. The van der Waals surface area contributed by atoms with Crippen molar-refractivity contribution in [1.29, 1.82) is 0 Å². The highest BCUT2D eigenvalue weighted by molar-refractivity contribution is 5.20. The zero-order valence-corrected chi connectivity index (χ0v) is 11.0. The summed E-state index contributed by atoms with van der Waals surface area (Å²) in [5, 5.41) is 2.87. The third kappa shape index (κ3) is 4.34. The molecular formula is C13H20FNO3. The molecule has 0 aromatic heterocycles. The van der Waals surface area contributed by atoms with Crippen molar-refractivity contribution in [1.82, 2.24) is 5.32 Å². The van der Waals surface area contributed by atoms with Crippen LogP contribution in [0.2, 0.25) is 0 Å². The van der Waals surface area contributed by atoms with Gasteiger partial charge >= 0.3 is 0 Å². The minimum absolute atomic E-state index is 0.0895. The number of hydrogen-bond acceptors (Lipinski definition) is 4. The van der Waals surface area contributed by atoms with E-state index in [0.717, 1.165) is 0 Å². The topological polar surface area (TPSA) is 39.7 Å². The zero-order chi connectivity index (χ0) is 13.4. The third-order valence-corrected chi connectivity index (χ3v) is 2.49. The van der Waals surface area contributed by atoms with Crippen LogP contribution in [0.1, 0.15) is 18.6 Å². The average Bonchev–Trinajstić information content (AvgIpc) is 2.38. The Morgan fingerprint density at radius 2 is 2.00 bits per heavy atom. The van der Waals surface area contributed by atoms with Gasteiger partial charge in [-0.05, 0) is 20.0 Å². The lowest BCUT2D eigenvalue weighted by Crippen LogP contribution is -2.27. The molecule has 102 valence electrons. The Morgan fingerprint density at radius 1 is 1.28 bits per heavy atom. The van der Waals surface area contributed by atoms with Crippen LogP contribution in [0.3, 0.4) is 0 Å². The molecule has 1 N–H and O–H groups in total. The molecule has 0 bridgehead atoms. The Hall–Kier alpha value is -1.01. The van der Waals surface area contributed by atoms with Crippen LogP contribution in [-0.2, 0) is 14.2 Å². The quantitative estimate of drug-likeness (QED) is 0.724. The van der Waals surface area contributed by atoms with Gasteiger partial charge in [-0.3, -0.25) is 5.32 Å². The van der Waals surface area contributed by atoms with E-state index in [1.807, 2.05) is 6.92 Å². The van der Waals surface area contributed by atoms with Crippen LogP contribution in [0.5, 0.6) is 0 Å². The number of methoxy groups -OCH3 is 1. The van der Waals surface area contributed by atoms with E-state index >= 15 is 0 Å². The van der Waals surface area contributed by atoms with Gasteiger partial charge in [-0.2, -0.15) is 0 Å². The van der Waals surface area contributed by atoms with Crippen molar-refractivity contribution in [3.05, 3.63) is 35.6 Å². The third-order valence-electron chi connectivity index (χ3n) is 2.49. The first-order valence-corrected chi connectivity index (χ1v) is 5.81. The van der Waals surface area contributed by atoms with Gasteiger partial charge < -0.3 is 14.2 Å². The van der Waals surface area contributed by atoms with Gasteiger partial charge in [-0.15, -0.1) is 0 Å². The van der Waals surface area contributed by atoms with Gasteiger partial charge in [0.15, 0.2) is 0 Å². The summed E-state index contributed by atoms with van der Waals surface area (Å²) in [5.74, 6) is -0.307. The fraction of sp³-hybridized carbons (Fsp3) is 0.538. The van der Waals surface area contributed by atoms with Crippen LogP contribution in [0, 0.1) is 5.82 Å². The summed E-state index contributed by atoms with van der Waals surface area (Å²) in [6, 6.07) is 6.51. The van der Waals surface area contributed by atoms with E-state index in [9.17, 15) is 4.39 Å². The lowest BCUT2D eigenvalue weighted by atomic mass is 10.0. The number of benzene rings is 1. The maximum absolute atomic E-state index is 13.8. The van der Waals surface area contributed by atoms with Gasteiger partial charge in [0, 0.05) is 12.7 Å². The fourth-order valence-corrected chi connectivity index (χ4v) is 1.63. The second kappa shape index (κ2) is 8.16. The summed E-state index contributed by atoms with van der Waals surface area (Å²) >= 11 is 0. The lowest BCUT2D eigenvalue weighted by molar-refractivity contribution is -0.128. The molecule has 0 saturated heterocycles. The smallest absolute Gasteiger partial charge is 0.147 e. The zero-order valence-electron chi connectivity index (χ0n) is 11.0. The summed E-state index contributed by atoms with van der Waals surface area (Å²) < 4.78 is 29.6.